The Morgan fingerprint density at radius 3 is 1.61 bits per heavy atom. The van der Waals surface area contributed by atoms with Gasteiger partial charge in [0.2, 0.25) is 0 Å². The molecule has 2 heteroatoms. The van der Waals surface area contributed by atoms with E-state index in [-0.39, 0.29) is 0 Å². The molecule has 38 heavy (non-hydrogen) atoms. The van der Waals surface area contributed by atoms with E-state index in [2.05, 4.69) is 144 Å². The molecule has 0 spiro atoms. The molecule has 8 rings (SSSR count). The van der Waals surface area contributed by atoms with Crippen molar-refractivity contribution in [2.24, 2.45) is 0 Å². The van der Waals surface area contributed by atoms with Crippen LogP contribution in [0.4, 0.5) is 17.1 Å². The van der Waals surface area contributed by atoms with Gasteiger partial charge in [-0.1, -0.05) is 97.1 Å². The van der Waals surface area contributed by atoms with Crippen LogP contribution >= 0.6 is 0 Å². The summed E-state index contributed by atoms with van der Waals surface area (Å²) in [5.41, 5.74) is 7.69. The zero-order valence-electron chi connectivity index (χ0n) is 20.6. The van der Waals surface area contributed by atoms with Crippen LogP contribution in [0.5, 0.6) is 0 Å². The Kier molecular flexibility index (Phi) is 4.55. The number of nitrogens with zero attached hydrogens (tertiary/aromatic N) is 1. The quantitative estimate of drug-likeness (QED) is 0.231. The van der Waals surface area contributed by atoms with Crippen molar-refractivity contribution < 1.29 is 4.42 Å². The van der Waals surface area contributed by atoms with Gasteiger partial charge >= 0.3 is 0 Å². The van der Waals surface area contributed by atoms with Gasteiger partial charge in [0.15, 0.2) is 0 Å². The number of para-hydroxylation sites is 1. The molecule has 178 valence electrons. The molecule has 0 radical (unpaired) electrons. The van der Waals surface area contributed by atoms with Crippen LogP contribution in [0.1, 0.15) is 0 Å². The highest BCUT2D eigenvalue weighted by molar-refractivity contribution is 6.35. The normalized spacial score (nSPS) is 11.7. The van der Waals surface area contributed by atoms with Gasteiger partial charge in [0.05, 0.1) is 5.69 Å². The third-order valence-corrected chi connectivity index (χ3v) is 7.61. The lowest BCUT2D eigenvalue weighted by Crippen LogP contribution is -2.10. The molecule has 1 aromatic heterocycles. The van der Waals surface area contributed by atoms with Crippen molar-refractivity contribution in [3.63, 3.8) is 0 Å². The lowest BCUT2D eigenvalue weighted by atomic mass is 9.93. The van der Waals surface area contributed by atoms with Gasteiger partial charge in [-0.05, 0) is 69.8 Å². The maximum Gasteiger partial charge on any atom is 0.136 e. The van der Waals surface area contributed by atoms with E-state index in [9.17, 15) is 0 Å². The summed E-state index contributed by atoms with van der Waals surface area (Å²) in [7, 11) is 0. The Balaban J connectivity index is 1.44. The first-order chi connectivity index (χ1) is 18.9. The fourth-order valence-electron chi connectivity index (χ4n) is 5.97. The second-order valence-corrected chi connectivity index (χ2v) is 9.74. The van der Waals surface area contributed by atoms with E-state index in [1.54, 1.807) is 0 Å². The van der Waals surface area contributed by atoms with Gasteiger partial charge in [-0.2, -0.15) is 0 Å². The molecule has 0 aliphatic rings. The average molecular weight is 486 g/mol. The molecule has 0 aliphatic heterocycles. The number of benzene rings is 7. The van der Waals surface area contributed by atoms with E-state index in [0.717, 1.165) is 28.2 Å². The molecule has 0 saturated heterocycles. The first kappa shape index (κ1) is 21.0. The smallest absolute Gasteiger partial charge is 0.136 e. The molecular weight excluding hydrogens is 462 g/mol. The van der Waals surface area contributed by atoms with Gasteiger partial charge in [-0.3, -0.25) is 0 Å². The van der Waals surface area contributed by atoms with Crippen LogP contribution in [-0.4, -0.2) is 0 Å². The summed E-state index contributed by atoms with van der Waals surface area (Å²) in [5, 5.41) is 7.31. The van der Waals surface area contributed by atoms with Crippen LogP contribution in [0.3, 0.4) is 0 Å². The summed E-state index contributed by atoms with van der Waals surface area (Å²) < 4.78 is 6.30. The maximum absolute atomic E-state index is 6.30. The number of fused-ring (bicyclic) bond motifs is 3. The van der Waals surface area contributed by atoms with E-state index in [1.165, 1.54) is 43.4 Å². The average Bonchev–Trinajstić information content (AvgIpc) is 3.38. The summed E-state index contributed by atoms with van der Waals surface area (Å²) in [6.07, 6.45) is 0. The molecule has 0 saturated carbocycles. The molecule has 0 fully saturated rings. The van der Waals surface area contributed by atoms with Gasteiger partial charge in [0.25, 0.3) is 0 Å². The van der Waals surface area contributed by atoms with Gasteiger partial charge in [0.1, 0.15) is 11.2 Å². The standard InChI is InChI=1S/C36H23NO/c1-3-10-24(11-4-1)25-20-22-27(23-21-25)37(26-12-5-2-6-13-26)31-17-7-14-28-29-15-8-18-32-35(29)36-30(34(28)31)16-9-19-33(36)38-32/h1-23H. The van der Waals surface area contributed by atoms with Gasteiger partial charge < -0.3 is 9.32 Å². The predicted molar refractivity (Wildman–Crippen MR) is 160 cm³/mol. The second kappa shape index (κ2) is 8.22. The number of rotatable bonds is 4. The summed E-state index contributed by atoms with van der Waals surface area (Å²) in [6.45, 7) is 0. The lowest BCUT2D eigenvalue weighted by molar-refractivity contribution is 0.669. The largest absolute Gasteiger partial charge is 0.456 e. The van der Waals surface area contributed by atoms with Crippen LogP contribution in [0, 0.1) is 0 Å². The topological polar surface area (TPSA) is 16.4 Å². The Bertz CT molecular complexity index is 2060. The molecule has 0 N–H and O–H groups in total. The Hall–Kier alpha value is -5.08. The van der Waals surface area contributed by atoms with Crippen LogP contribution < -0.4 is 4.90 Å². The van der Waals surface area contributed by atoms with Crippen molar-refractivity contribution >= 4 is 60.5 Å². The monoisotopic (exact) mass is 485 g/mol. The second-order valence-electron chi connectivity index (χ2n) is 9.74. The number of hydrogen-bond acceptors (Lipinski definition) is 2. The molecule has 0 amide bonds. The van der Waals surface area contributed by atoms with Crippen LogP contribution in [0.2, 0.25) is 0 Å². The number of anilines is 3. The minimum atomic E-state index is 0.934. The number of furan rings is 1. The van der Waals surface area contributed by atoms with Crippen molar-refractivity contribution in [1.29, 1.82) is 0 Å². The Morgan fingerprint density at radius 2 is 0.895 bits per heavy atom. The molecule has 2 nitrogen and oxygen atoms in total. The van der Waals surface area contributed by atoms with Crippen molar-refractivity contribution in [1.82, 2.24) is 0 Å². The molecule has 7 aromatic carbocycles. The first-order valence-corrected chi connectivity index (χ1v) is 13.0. The highest BCUT2D eigenvalue weighted by atomic mass is 16.3. The zero-order chi connectivity index (χ0) is 25.1. The summed E-state index contributed by atoms with van der Waals surface area (Å²) in [4.78, 5) is 2.37. The minimum Gasteiger partial charge on any atom is -0.456 e. The van der Waals surface area contributed by atoms with E-state index in [0.29, 0.717) is 0 Å². The number of hydrogen-bond donors (Lipinski definition) is 0. The third kappa shape index (κ3) is 3.07. The Labute approximate surface area is 220 Å². The first-order valence-electron chi connectivity index (χ1n) is 13.0. The van der Waals surface area contributed by atoms with E-state index in [1.807, 2.05) is 0 Å². The van der Waals surface area contributed by atoms with Gasteiger partial charge in [-0.25, -0.2) is 0 Å². The van der Waals surface area contributed by atoms with Crippen molar-refractivity contribution in [2.75, 3.05) is 4.90 Å². The molecular formula is C36H23NO. The van der Waals surface area contributed by atoms with Gasteiger partial charge in [0, 0.05) is 27.5 Å². The summed E-state index contributed by atoms with van der Waals surface area (Å²) in [6, 6.07) is 49.5. The molecule has 8 aromatic rings. The van der Waals surface area contributed by atoms with Crippen molar-refractivity contribution in [3.8, 4) is 11.1 Å². The van der Waals surface area contributed by atoms with Gasteiger partial charge in [-0.15, -0.1) is 0 Å². The third-order valence-electron chi connectivity index (χ3n) is 7.61. The van der Waals surface area contributed by atoms with Crippen LogP contribution in [-0.2, 0) is 0 Å². The lowest BCUT2D eigenvalue weighted by Gasteiger charge is -2.27. The Morgan fingerprint density at radius 1 is 0.368 bits per heavy atom. The zero-order valence-corrected chi connectivity index (χ0v) is 20.6. The van der Waals surface area contributed by atoms with E-state index < -0.39 is 0 Å². The molecule has 0 atom stereocenters. The summed E-state index contributed by atoms with van der Waals surface area (Å²) in [5.74, 6) is 0. The van der Waals surface area contributed by atoms with Crippen LogP contribution in [0.15, 0.2) is 144 Å². The highest BCUT2D eigenvalue weighted by Gasteiger charge is 2.21. The van der Waals surface area contributed by atoms with E-state index in [4.69, 9.17) is 4.42 Å². The van der Waals surface area contributed by atoms with Crippen molar-refractivity contribution in [3.05, 3.63) is 140 Å². The molecule has 0 aliphatic carbocycles. The van der Waals surface area contributed by atoms with Crippen LogP contribution in [0.25, 0.3) is 54.6 Å². The minimum absolute atomic E-state index is 0.934. The SMILES string of the molecule is c1ccc(-c2ccc(N(c3ccccc3)c3cccc4c5cccc6oc7cccc(c34)c7c65)cc2)cc1. The molecule has 0 bridgehead atoms. The molecule has 1 heterocycles. The highest BCUT2D eigenvalue weighted by Crippen LogP contribution is 2.47. The maximum atomic E-state index is 6.30. The fourth-order valence-corrected chi connectivity index (χ4v) is 5.97. The van der Waals surface area contributed by atoms with Crippen molar-refractivity contribution in [2.45, 2.75) is 0 Å². The summed E-state index contributed by atoms with van der Waals surface area (Å²) >= 11 is 0. The molecule has 0 unspecified atom stereocenters. The predicted octanol–water partition coefficient (Wildman–Crippen LogP) is 10.5. The fraction of sp³-hybridized carbons (Fsp3) is 0. The van der Waals surface area contributed by atoms with E-state index >= 15 is 0 Å².